The molecule has 1 unspecified atom stereocenters. The Balaban J connectivity index is 2.28. The number of methoxy groups -OCH3 is 1. The maximum Gasteiger partial charge on any atom is 0.337 e. The number of hydrogen-bond acceptors (Lipinski definition) is 4. The lowest BCUT2D eigenvalue weighted by Gasteiger charge is -2.09. The van der Waals surface area contributed by atoms with Crippen LogP contribution >= 0.6 is 0 Å². The molecule has 1 aromatic rings. The molecule has 86 valence electrons. The molecule has 0 amide bonds. The molecule has 0 bridgehead atoms. The van der Waals surface area contributed by atoms with Crippen molar-refractivity contribution in [3.05, 3.63) is 29.3 Å². The van der Waals surface area contributed by atoms with Crippen molar-refractivity contribution in [1.82, 2.24) is 0 Å². The van der Waals surface area contributed by atoms with E-state index in [4.69, 9.17) is 10.5 Å². The van der Waals surface area contributed by atoms with Gasteiger partial charge in [-0.15, -0.1) is 0 Å². The van der Waals surface area contributed by atoms with E-state index in [-0.39, 0.29) is 12.0 Å². The van der Waals surface area contributed by atoms with Crippen LogP contribution in [0.3, 0.4) is 0 Å². The second-order valence-corrected chi connectivity index (χ2v) is 4.04. The third kappa shape index (κ3) is 2.17. The lowest BCUT2D eigenvalue weighted by atomic mass is 10.0. The highest BCUT2D eigenvalue weighted by molar-refractivity contribution is 5.90. The Morgan fingerprint density at radius 1 is 1.56 bits per heavy atom. The first kappa shape index (κ1) is 11.0. The van der Waals surface area contributed by atoms with Gasteiger partial charge in [-0.1, -0.05) is 0 Å². The molecule has 4 nitrogen and oxygen atoms in total. The van der Waals surface area contributed by atoms with Crippen molar-refractivity contribution in [3.63, 3.8) is 0 Å². The van der Waals surface area contributed by atoms with Gasteiger partial charge in [0.1, 0.15) is 0 Å². The van der Waals surface area contributed by atoms with Crippen LogP contribution in [0.25, 0.3) is 0 Å². The molecule has 0 saturated heterocycles. The Morgan fingerprint density at radius 2 is 2.38 bits per heavy atom. The fourth-order valence-corrected chi connectivity index (χ4v) is 1.90. The summed E-state index contributed by atoms with van der Waals surface area (Å²) in [6.07, 6.45) is 1.83. The first-order chi connectivity index (χ1) is 7.70. The number of benzene rings is 1. The van der Waals surface area contributed by atoms with Crippen LogP contribution in [0.5, 0.6) is 0 Å². The number of nitrogens with two attached hydrogens (primary N) is 1. The number of esters is 1. The third-order valence-corrected chi connectivity index (χ3v) is 2.87. The third-order valence-electron chi connectivity index (χ3n) is 2.87. The van der Waals surface area contributed by atoms with E-state index >= 15 is 0 Å². The second-order valence-electron chi connectivity index (χ2n) is 4.04. The Hall–Kier alpha value is -1.55. The summed E-state index contributed by atoms with van der Waals surface area (Å²) in [7, 11) is 1.39. The van der Waals surface area contributed by atoms with Crippen LogP contribution < -0.4 is 11.1 Å². The smallest absolute Gasteiger partial charge is 0.337 e. The lowest BCUT2D eigenvalue weighted by Crippen LogP contribution is -2.27. The van der Waals surface area contributed by atoms with Gasteiger partial charge in [0, 0.05) is 18.3 Å². The Morgan fingerprint density at radius 3 is 3.12 bits per heavy atom. The molecule has 0 fully saturated rings. The minimum Gasteiger partial charge on any atom is -0.465 e. The highest BCUT2D eigenvalue weighted by Gasteiger charge is 2.14. The predicted molar refractivity (Wildman–Crippen MR) is 62.6 cm³/mol. The van der Waals surface area contributed by atoms with Gasteiger partial charge in [-0.2, -0.15) is 0 Å². The number of fused-ring (bicyclic) bond motifs is 1. The van der Waals surface area contributed by atoms with Gasteiger partial charge in [-0.3, -0.25) is 0 Å². The summed E-state index contributed by atoms with van der Waals surface area (Å²) in [5.74, 6) is -0.295. The molecule has 0 radical (unpaired) electrons. The predicted octanol–water partition coefficient (Wildman–Crippen LogP) is 1.16. The van der Waals surface area contributed by atoms with Crippen LogP contribution in [-0.4, -0.2) is 25.7 Å². The summed E-state index contributed by atoms with van der Waals surface area (Å²) >= 11 is 0. The van der Waals surface area contributed by atoms with Crippen LogP contribution in [0.15, 0.2) is 18.2 Å². The molecule has 0 aromatic heterocycles. The molecule has 0 aliphatic carbocycles. The summed E-state index contributed by atoms with van der Waals surface area (Å²) < 4.78 is 4.70. The van der Waals surface area contributed by atoms with Crippen LogP contribution in [0.4, 0.5) is 5.69 Å². The SMILES string of the molecule is COC(=O)c1ccc2c(c1)CCC(N)CN2. The zero-order valence-corrected chi connectivity index (χ0v) is 9.32. The minimum absolute atomic E-state index is 0.175. The molecule has 1 heterocycles. The molecule has 0 saturated carbocycles. The summed E-state index contributed by atoms with van der Waals surface area (Å²) in [5, 5.41) is 3.28. The van der Waals surface area contributed by atoms with E-state index in [9.17, 15) is 4.79 Å². The molecule has 16 heavy (non-hydrogen) atoms. The summed E-state index contributed by atoms with van der Waals surface area (Å²) in [6, 6.07) is 5.74. The number of rotatable bonds is 1. The van der Waals surface area contributed by atoms with Gasteiger partial charge in [0.25, 0.3) is 0 Å². The zero-order chi connectivity index (χ0) is 11.5. The maximum absolute atomic E-state index is 11.4. The van der Waals surface area contributed by atoms with Crippen LogP contribution in [0.2, 0.25) is 0 Å². The summed E-state index contributed by atoms with van der Waals surface area (Å²) in [4.78, 5) is 11.4. The number of nitrogens with one attached hydrogen (secondary N) is 1. The van der Waals surface area contributed by atoms with Gasteiger partial charge in [0.15, 0.2) is 0 Å². The molecule has 4 heteroatoms. The average molecular weight is 220 g/mol. The lowest BCUT2D eigenvalue weighted by molar-refractivity contribution is 0.0600. The van der Waals surface area contributed by atoms with E-state index in [0.29, 0.717) is 5.56 Å². The van der Waals surface area contributed by atoms with Crippen molar-refractivity contribution in [2.45, 2.75) is 18.9 Å². The van der Waals surface area contributed by atoms with Gasteiger partial charge >= 0.3 is 5.97 Å². The van der Waals surface area contributed by atoms with Gasteiger partial charge in [-0.25, -0.2) is 4.79 Å². The molecule has 1 aromatic carbocycles. The molecule has 1 aliphatic rings. The normalized spacial score (nSPS) is 19.2. The zero-order valence-electron chi connectivity index (χ0n) is 9.32. The van der Waals surface area contributed by atoms with Crippen molar-refractivity contribution in [2.75, 3.05) is 19.0 Å². The Bertz CT molecular complexity index is 404. The van der Waals surface area contributed by atoms with Crippen LogP contribution in [0.1, 0.15) is 22.3 Å². The van der Waals surface area contributed by atoms with Crippen molar-refractivity contribution in [1.29, 1.82) is 0 Å². The molecule has 1 atom stereocenters. The van der Waals surface area contributed by atoms with Gasteiger partial charge in [-0.05, 0) is 36.6 Å². The Kier molecular flexibility index (Phi) is 3.10. The van der Waals surface area contributed by atoms with Crippen LogP contribution in [-0.2, 0) is 11.2 Å². The van der Waals surface area contributed by atoms with E-state index in [2.05, 4.69) is 5.32 Å². The van der Waals surface area contributed by atoms with Crippen molar-refractivity contribution < 1.29 is 9.53 Å². The monoisotopic (exact) mass is 220 g/mol. The Labute approximate surface area is 94.8 Å². The van der Waals surface area contributed by atoms with Gasteiger partial charge in [0.05, 0.1) is 12.7 Å². The largest absolute Gasteiger partial charge is 0.465 e. The number of ether oxygens (including phenoxy) is 1. The van der Waals surface area contributed by atoms with Crippen LogP contribution in [0, 0.1) is 0 Å². The van der Waals surface area contributed by atoms with Gasteiger partial charge in [0.2, 0.25) is 0 Å². The first-order valence-corrected chi connectivity index (χ1v) is 5.41. The summed E-state index contributed by atoms with van der Waals surface area (Å²) in [5.41, 5.74) is 8.68. The van der Waals surface area contributed by atoms with Crippen molar-refractivity contribution in [3.8, 4) is 0 Å². The molecule has 2 rings (SSSR count). The maximum atomic E-state index is 11.4. The average Bonchev–Trinajstić information content (AvgIpc) is 2.50. The molecule has 0 spiro atoms. The molecule has 1 aliphatic heterocycles. The van der Waals surface area contributed by atoms with E-state index < -0.39 is 0 Å². The molecular formula is C12H16N2O2. The molecule has 3 N–H and O–H groups in total. The topological polar surface area (TPSA) is 64.3 Å². The quantitative estimate of drug-likeness (QED) is 0.697. The van der Waals surface area contributed by atoms with E-state index in [0.717, 1.165) is 30.6 Å². The fraction of sp³-hybridized carbons (Fsp3) is 0.417. The highest BCUT2D eigenvalue weighted by Crippen LogP contribution is 2.22. The minimum atomic E-state index is -0.295. The number of hydrogen-bond donors (Lipinski definition) is 2. The first-order valence-electron chi connectivity index (χ1n) is 5.41. The van der Waals surface area contributed by atoms with E-state index in [1.807, 2.05) is 12.1 Å². The van der Waals surface area contributed by atoms with Gasteiger partial charge < -0.3 is 15.8 Å². The standard InChI is InChI=1S/C12H16N2O2/c1-16-12(15)9-3-5-11-8(6-9)2-4-10(13)7-14-11/h3,5-6,10,14H,2,4,7,13H2,1H3. The summed E-state index contributed by atoms with van der Waals surface area (Å²) in [6.45, 7) is 0.782. The highest BCUT2D eigenvalue weighted by atomic mass is 16.5. The van der Waals surface area contributed by atoms with E-state index in [1.54, 1.807) is 6.07 Å². The second kappa shape index (κ2) is 4.53. The van der Waals surface area contributed by atoms with E-state index in [1.165, 1.54) is 7.11 Å². The number of carbonyl (C=O) groups excluding carboxylic acids is 1. The number of aryl methyl sites for hydroxylation is 1. The number of anilines is 1. The number of carbonyl (C=O) groups is 1. The molecular weight excluding hydrogens is 204 g/mol. The van der Waals surface area contributed by atoms with Crippen molar-refractivity contribution >= 4 is 11.7 Å². The fourth-order valence-electron chi connectivity index (χ4n) is 1.90. The van der Waals surface area contributed by atoms with Crippen molar-refractivity contribution in [2.24, 2.45) is 5.73 Å².